The van der Waals surface area contributed by atoms with Gasteiger partial charge in [-0.25, -0.2) is 0 Å². The molecule has 0 radical (unpaired) electrons. The fourth-order valence-electron chi connectivity index (χ4n) is 1.42. The third-order valence-electron chi connectivity index (χ3n) is 2.27. The molecule has 0 fully saturated rings. The van der Waals surface area contributed by atoms with Crippen molar-refractivity contribution in [3.05, 3.63) is 30.9 Å². The summed E-state index contributed by atoms with van der Waals surface area (Å²) in [4.78, 5) is 8.15. The zero-order valence-corrected chi connectivity index (χ0v) is 7.28. The van der Waals surface area contributed by atoms with E-state index in [2.05, 4.69) is 16.5 Å². The standard InChI is InChI=1S/C9H11N3/c1-7-11(2)8-4-5-10-6-9(8)12(7)3/h4-6H,1H2,2-3H3. The molecule has 0 aliphatic carbocycles. The molecular weight excluding hydrogens is 150 g/mol. The fraction of sp³-hybridized carbons (Fsp3) is 0.222. The van der Waals surface area contributed by atoms with Crippen molar-refractivity contribution in [3.63, 3.8) is 0 Å². The molecule has 0 saturated heterocycles. The van der Waals surface area contributed by atoms with Crippen LogP contribution >= 0.6 is 0 Å². The number of nitrogens with zero attached hydrogens (tertiary/aromatic N) is 3. The van der Waals surface area contributed by atoms with E-state index >= 15 is 0 Å². The predicted molar refractivity (Wildman–Crippen MR) is 50.2 cm³/mol. The average molecular weight is 161 g/mol. The number of aromatic nitrogens is 1. The minimum Gasteiger partial charge on any atom is -0.329 e. The summed E-state index contributed by atoms with van der Waals surface area (Å²) in [5.41, 5.74) is 2.28. The molecule has 0 bridgehead atoms. The molecule has 0 saturated carbocycles. The Morgan fingerprint density at radius 2 is 1.92 bits per heavy atom. The Balaban J connectivity index is 2.59. The first kappa shape index (κ1) is 7.16. The van der Waals surface area contributed by atoms with Crippen molar-refractivity contribution < 1.29 is 0 Å². The lowest BCUT2D eigenvalue weighted by atomic mass is 10.3. The lowest BCUT2D eigenvalue weighted by Crippen LogP contribution is -2.20. The van der Waals surface area contributed by atoms with Gasteiger partial charge in [-0.1, -0.05) is 6.58 Å². The summed E-state index contributed by atoms with van der Waals surface area (Å²) in [5, 5.41) is 0. The van der Waals surface area contributed by atoms with E-state index in [1.165, 1.54) is 0 Å². The van der Waals surface area contributed by atoms with E-state index < -0.39 is 0 Å². The molecule has 1 aromatic heterocycles. The van der Waals surface area contributed by atoms with Gasteiger partial charge in [0.15, 0.2) is 0 Å². The molecule has 0 amide bonds. The maximum Gasteiger partial charge on any atom is 0.105 e. The Bertz CT molecular complexity index is 301. The SMILES string of the molecule is C=C1N(C)c2ccncc2N1C. The molecule has 0 aromatic carbocycles. The lowest BCUT2D eigenvalue weighted by molar-refractivity contribution is 1.06. The number of hydrogen-bond acceptors (Lipinski definition) is 3. The molecule has 3 nitrogen and oxygen atoms in total. The van der Waals surface area contributed by atoms with Gasteiger partial charge >= 0.3 is 0 Å². The van der Waals surface area contributed by atoms with Gasteiger partial charge in [0.25, 0.3) is 0 Å². The number of hydrogen-bond donors (Lipinski definition) is 0. The van der Waals surface area contributed by atoms with Crippen LogP contribution in [0.4, 0.5) is 11.4 Å². The molecule has 12 heavy (non-hydrogen) atoms. The number of rotatable bonds is 0. The van der Waals surface area contributed by atoms with Gasteiger partial charge in [0.1, 0.15) is 5.82 Å². The molecule has 3 heteroatoms. The Morgan fingerprint density at radius 3 is 2.58 bits per heavy atom. The molecule has 1 aromatic rings. The van der Waals surface area contributed by atoms with Crippen LogP contribution in [-0.4, -0.2) is 19.1 Å². The number of anilines is 2. The lowest BCUT2D eigenvalue weighted by Gasteiger charge is -2.15. The zero-order chi connectivity index (χ0) is 8.72. The van der Waals surface area contributed by atoms with Crippen LogP contribution in [0.25, 0.3) is 0 Å². The van der Waals surface area contributed by atoms with E-state index in [0.29, 0.717) is 0 Å². The molecule has 1 aliphatic rings. The Labute approximate surface area is 71.9 Å². The van der Waals surface area contributed by atoms with E-state index in [0.717, 1.165) is 17.2 Å². The topological polar surface area (TPSA) is 19.4 Å². The van der Waals surface area contributed by atoms with Gasteiger partial charge in [-0.05, 0) is 6.07 Å². The van der Waals surface area contributed by atoms with Crippen LogP contribution in [0.2, 0.25) is 0 Å². The molecule has 0 spiro atoms. The summed E-state index contributed by atoms with van der Waals surface area (Å²) >= 11 is 0. The Kier molecular flexibility index (Phi) is 1.33. The van der Waals surface area contributed by atoms with E-state index in [1.54, 1.807) is 6.20 Å². The maximum absolute atomic E-state index is 4.07. The van der Waals surface area contributed by atoms with Crippen LogP contribution in [0.5, 0.6) is 0 Å². The minimum absolute atomic E-state index is 0.984. The van der Waals surface area contributed by atoms with Gasteiger partial charge < -0.3 is 9.80 Å². The number of fused-ring (bicyclic) bond motifs is 1. The molecule has 0 unspecified atom stereocenters. The first-order chi connectivity index (χ1) is 5.72. The van der Waals surface area contributed by atoms with Gasteiger partial charge in [-0.15, -0.1) is 0 Å². The molecular formula is C9H11N3. The van der Waals surface area contributed by atoms with Gasteiger partial charge in [-0.2, -0.15) is 0 Å². The first-order valence-electron chi connectivity index (χ1n) is 3.82. The van der Waals surface area contributed by atoms with E-state index in [-0.39, 0.29) is 0 Å². The smallest absolute Gasteiger partial charge is 0.105 e. The van der Waals surface area contributed by atoms with Crippen LogP contribution < -0.4 is 9.80 Å². The van der Waals surface area contributed by atoms with E-state index in [1.807, 2.05) is 31.3 Å². The van der Waals surface area contributed by atoms with Crippen LogP contribution in [-0.2, 0) is 0 Å². The van der Waals surface area contributed by atoms with Gasteiger partial charge in [0.2, 0.25) is 0 Å². The molecule has 2 rings (SSSR count). The van der Waals surface area contributed by atoms with Crippen molar-refractivity contribution in [2.75, 3.05) is 23.9 Å². The van der Waals surface area contributed by atoms with Crippen molar-refractivity contribution in [1.29, 1.82) is 0 Å². The van der Waals surface area contributed by atoms with Crippen molar-refractivity contribution in [1.82, 2.24) is 4.98 Å². The first-order valence-corrected chi connectivity index (χ1v) is 3.82. The van der Waals surface area contributed by atoms with Gasteiger partial charge in [-0.3, -0.25) is 4.98 Å². The minimum atomic E-state index is 0.984. The van der Waals surface area contributed by atoms with Crippen LogP contribution in [0.1, 0.15) is 0 Å². The summed E-state index contributed by atoms with van der Waals surface area (Å²) in [7, 11) is 4.00. The van der Waals surface area contributed by atoms with Crippen molar-refractivity contribution in [3.8, 4) is 0 Å². The summed E-state index contributed by atoms with van der Waals surface area (Å²) in [6, 6.07) is 1.99. The van der Waals surface area contributed by atoms with Crippen LogP contribution in [0.15, 0.2) is 30.9 Å². The third-order valence-corrected chi connectivity index (χ3v) is 2.27. The van der Waals surface area contributed by atoms with Crippen LogP contribution in [0, 0.1) is 0 Å². The highest BCUT2D eigenvalue weighted by atomic mass is 15.4. The van der Waals surface area contributed by atoms with Gasteiger partial charge in [0, 0.05) is 20.3 Å². The summed E-state index contributed by atoms with van der Waals surface area (Å²) in [6.45, 7) is 3.96. The highest BCUT2D eigenvalue weighted by molar-refractivity contribution is 5.80. The molecule has 0 N–H and O–H groups in total. The van der Waals surface area contributed by atoms with E-state index in [4.69, 9.17) is 0 Å². The quantitative estimate of drug-likeness (QED) is 0.574. The monoisotopic (exact) mass is 161 g/mol. The Hall–Kier alpha value is -1.51. The molecule has 0 atom stereocenters. The summed E-state index contributed by atoms with van der Waals surface area (Å²) in [6.07, 6.45) is 3.64. The molecule has 62 valence electrons. The third kappa shape index (κ3) is 0.733. The largest absolute Gasteiger partial charge is 0.329 e. The van der Waals surface area contributed by atoms with Crippen LogP contribution in [0.3, 0.4) is 0 Å². The normalized spacial score (nSPS) is 15.3. The number of pyridine rings is 1. The summed E-state index contributed by atoms with van der Waals surface area (Å²) < 4.78 is 0. The summed E-state index contributed by atoms with van der Waals surface area (Å²) in [5.74, 6) is 0.984. The highest BCUT2D eigenvalue weighted by Gasteiger charge is 2.23. The second-order valence-electron chi connectivity index (χ2n) is 2.90. The van der Waals surface area contributed by atoms with Crippen molar-refractivity contribution in [2.45, 2.75) is 0 Å². The Morgan fingerprint density at radius 1 is 1.25 bits per heavy atom. The van der Waals surface area contributed by atoms with Crippen molar-refractivity contribution in [2.24, 2.45) is 0 Å². The zero-order valence-electron chi connectivity index (χ0n) is 7.28. The second kappa shape index (κ2) is 2.24. The molecule has 2 heterocycles. The predicted octanol–water partition coefficient (Wildman–Crippen LogP) is 1.44. The second-order valence-corrected chi connectivity index (χ2v) is 2.90. The highest BCUT2D eigenvalue weighted by Crippen LogP contribution is 2.37. The fourth-order valence-corrected chi connectivity index (χ4v) is 1.42. The molecule has 1 aliphatic heterocycles. The maximum atomic E-state index is 4.07. The van der Waals surface area contributed by atoms with E-state index in [9.17, 15) is 0 Å². The average Bonchev–Trinajstić information content (AvgIpc) is 2.33. The van der Waals surface area contributed by atoms with Gasteiger partial charge in [0.05, 0.1) is 17.6 Å². The van der Waals surface area contributed by atoms with Crippen molar-refractivity contribution >= 4 is 11.4 Å².